The fraction of sp³-hybridized carbons (Fsp3) is 0.235. The first-order valence-electron chi connectivity index (χ1n) is 7.66. The van der Waals surface area contributed by atoms with Crippen molar-refractivity contribution in [2.24, 2.45) is 0 Å². The van der Waals surface area contributed by atoms with Crippen LogP contribution in [0.25, 0.3) is 0 Å². The van der Waals surface area contributed by atoms with Gasteiger partial charge < -0.3 is 15.1 Å². The number of imide groups is 1. The largest absolute Gasteiger partial charge is 0.463 e. The Morgan fingerprint density at radius 1 is 1.27 bits per heavy atom. The van der Waals surface area contributed by atoms with Crippen LogP contribution in [-0.4, -0.2) is 29.3 Å². The highest BCUT2D eigenvalue weighted by molar-refractivity contribution is 6.10. The van der Waals surface area contributed by atoms with E-state index < -0.39 is 41.6 Å². The fourth-order valence-electron chi connectivity index (χ4n) is 2.64. The van der Waals surface area contributed by atoms with Crippen LogP contribution in [0.2, 0.25) is 0 Å². The molecule has 26 heavy (non-hydrogen) atoms. The SMILES string of the molecule is Cc1ccc([C@@]2(C)NC(=O)N(CC(=O)Nc3cc(F)ccc3F)C2=O)o1. The standard InChI is InChI=1S/C17H15F2N3O4/c1-9-3-6-13(26-9)17(2)15(24)22(16(25)21-17)8-14(23)20-12-7-10(18)4-5-11(12)19/h3-7H,8H2,1-2H3,(H,20,23)(H,21,25)/t17-/m1/s1. The number of nitrogens with one attached hydrogen (secondary N) is 2. The summed E-state index contributed by atoms with van der Waals surface area (Å²) in [6, 6.07) is 4.96. The molecule has 2 N–H and O–H groups in total. The molecule has 3 rings (SSSR count). The number of hydrogen-bond acceptors (Lipinski definition) is 4. The van der Waals surface area contributed by atoms with Gasteiger partial charge in [0, 0.05) is 6.07 Å². The number of carbonyl (C=O) groups excluding carboxylic acids is 3. The van der Waals surface area contributed by atoms with Gasteiger partial charge in [0.2, 0.25) is 5.91 Å². The molecule has 2 aromatic rings. The molecule has 1 aromatic carbocycles. The summed E-state index contributed by atoms with van der Waals surface area (Å²) in [5.41, 5.74) is -1.83. The second-order valence-electron chi connectivity index (χ2n) is 6.03. The quantitative estimate of drug-likeness (QED) is 0.815. The number of urea groups is 1. The Labute approximate surface area is 147 Å². The van der Waals surface area contributed by atoms with Crippen molar-refractivity contribution < 1.29 is 27.6 Å². The number of halogens is 2. The third kappa shape index (κ3) is 3.03. The molecule has 2 heterocycles. The number of anilines is 1. The Balaban J connectivity index is 1.75. The van der Waals surface area contributed by atoms with Crippen molar-refractivity contribution in [3.63, 3.8) is 0 Å². The maximum atomic E-state index is 13.6. The van der Waals surface area contributed by atoms with Gasteiger partial charge in [-0.05, 0) is 38.1 Å². The predicted molar refractivity (Wildman–Crippen MR) is 86.0 cm³/mol. The highest BCUT2D eigenvalue weighted by atomic mass is 19.1. The zero-order chi connectivity index (χ0) is 19.1. The van der Waals surface area contributed by atoms with Crippen molar-refractivity contribution in [2.45, 2.75) is 19.4 Å². The maximum Gasteiger partial charge on any atom is 0.325 e. The second-order valence-corrected chi connectivity index (χ2v) is 6.03. The van der Waals surface area contributed by atoms with Crippen LogP contribution in [0.1, 0.15) is 18.4 Å². The molecule has 1 aliphatic rings. The number of furan rings is 1. The summed E-state index contributed by atoms with van der Waals surface area (Å²) in [7, 11) is 0. The van der Waals surface area contributed by atoms with Crippen molar-refractivity contribution >= 4 is 23.5 Å². The molecular formula is C17H15F2N3O4. The smallest absolute Gasteiger partial charge is 0.325 e. The van der Waals surface area contributed by atoms with Gasteiger partial charge in [-0.15, -0.1) is 0 Å². The Hall–Kier alpha value is -3.23. The molecule has 1 atom stereocenters. The van der Waals surface area contributed by atoms with Gasteiger partial charge in [0.15, 0.2) is 5.54 Å². The van der Waals surface area contributed by atoms with E-state index in [2.05, 4.69) is 10.6 Å². The predicted octanol–water partition coefficient (Wildman–Crippen LogP) is 2.27. The monoisotopic (exact) mass is 363 g/mol. The molecule has 0 unspecified atom stereocenters. The van der Waals surface area contributed by atoms with Crippen LogP contribution < -0.4 is 10.6 Å². The molecule has 0 saturated carbocycles. The van der Waals surface area contributed by atoms with E-state index in [1.807, 2.05) is 0 Å². The second kappa shape index (κ2) is 6.25. The number of amides is 4. The van der Waals surface area contributed by atoms with Crippen LogP contribution in [0.4, 0.5) is 19.3 Å². The lowest BCUT2D eigenvalue weighted by atomic mass is 9.99. The topological polar surface area (TPSA) is 91.7 Å². The van der Waals surface area contributed by atoms with Gasteiger partial charge in [-0.1, -0.05) is 0 Å². The zero-order valence-corrected chi connectivity index (χ0v) is 13.9. The van der Waals surface area contributed by atoms with E-state index in [-0.39, 0.29) is 11.4 Å². The van der Waals surface area contributed by atoms with Crippen molar-refractivity contribution in [3.8, 4) is 0 Å². The lowest BCUT2D eigenvalue weighted by molar-refractivity contribution is -0.134. The van der Waals surface area contributed by atoms with E-state index in [4.69, 9.17) is 4.42 Å². The van der Waals surface area contributed by atoms with Gasteiger partial charge in [0.05, 0.1) is 5.69 Å². The van der Waals surface area contributed by atoms with Gasteiger partial charge in [0.1, 0.15) is 29.7 Å². The average molecular weight is 363 g/mol. The van der Waals surface area contributed by atoms with Gasteiger partial charge in [0.25, 0.3) is 5.91 Å². The zero-order valence-electron chi connectivity index (χ0n) is 13.9. The van der Waals surface area contributed by atoms with Crippen molar-refractivity contribution in [2.75, 3.05) is 11.9 Å². The van der Waals surface area contributed by atoms with Gasteiger partial charge in [-0.3, -0.25) is 14.5 Å². The molecule has 1 aromatic heterocycles. The minimum atomic E-state index is -1.45. The Bertz CT molecular complexity index is 911. The van der Waals surface area contributed by atoms with Crippen LogP contribution in [0.3, 0.4) is 0 Å². The van der Waals surface area contributed by atoms with Gasteiger partial charge >= 0.3 is 6.03 Å². The maximum absolute atomic E-state index is 13.6. The summed E-state index contributed by atoms with van der Waals surface area (Å²) < 4.78 is 32.2. The first-order chi connectivity index (χ1) is 12.2. The Morgan fingerprint density at radius 3 is 2.65 bits per heavy atom. The van der Waals surface area contributed by atoms with Crippen molar-refractivity contribution in [1.29, 1.82) is 0 Å². The number of aryl methyl sites for hydroxylation is 1. The third-order valence-electron chi connectivity index (χ3n) is 4.01. The molecular weight excluding hydrogens is 348 g/mol. The Kier molecular flexibility index (Phi) is 4.23. The minimum absolute atomic E-state index is 0.229. The molecule has 1 saturated heterocycles. The fourth-order valence-corrected chi connectivity index (χ4v) is 2.64. The summed E-state index contributed by atoms with van der Waals surface area (Å²) >= 11 is 0. The third-order valence-corrected chi connectivity index (χ3v) is 4.01. The lowest BCUT2D eigenvalue weighted by Crippen LogP contribution is -2.42. The molecule has 0 aliphatic carbocycles. The number of rotatable bonds is 4. The lowest BCUT2D eigenvalue weighted by Gasteiger charge is -2.19. The van der Waals surface area contributed by atoms with Crippen LogP contribution >= 0.6 is 0 Å². The average Bonchev–Trinajstić information content (AvgIpc) is 3.09. The van der Waals surface area contributed by atoms with E-state index in [0.717, 1.165) is 18.2 Å². The molecule has 0 bridgehead atoms. The number of nitrogens with zero attached hydrogens (tertiary/aromatic N) is 1. The number of benzene rings is 1. The van der Waals surface area contributed by atoms with E-state index >= 15 is 0 Å². The summed E-state index contributed by atoms with van der Waals surface area (Å²) in [5, 5.41) is 4.62. The summed E-state index contributed by atoms with van der Waals surface area (Å²) in [6.07, 6.45) is 0. The van der Waals surface area contributed by atoms with Crippen LogP contribution in [-0.2, 0) is 15.1 Å². The molecule has 9 heteroatoms. The van der Waals surface area contributed by atoms with E-state index in [1.165, 1.54) is 6.92 Å². The molecule has 7 nitrogen and oxygen atoms in total. The molecule has 136 valence electrons. The van der Waals surface area contributed by atoms with E-state index in [1.54, 1.807) is 19.1 Å². The first-order valence-corrected chi connectivity index (χ1v) is 7.66. The summed E-state index contributed by atoms with van der Waals surface area (Å²) in [6.45, 7) is 2.48. The van der Waals surface area contributed by atoms with Crippen molar-refractivity contribution in [3.05, 3.63) is 53.5 Å². The molecule has 0 radical (unpaired) electrons. The first kappa shape index (κ1) is 17.6. The van der Waals surface area contributed by atoms with Crippen LogP contribution in [0.15, 0.2) is 34.7 Å². The summed E-state index contributed by atoms with van der Waals surface area (Å²) in [5.74, 6) is -2.33. The Morgan fingerprint density at radius 2 is 2.00 bits per heavy atom. The van der Waals surface area contributed by atoms with Gasteiger partial charge in [-0.25, -0.2) is 13.6 Å². The molecule has 4 amide bonds. The summed E-state index contributed by atoms with van der Waals surface area (Å²) in [4.78, 5) is 37.5. The van der Waals surface area contributed by atoms with Gasteiger partial charge in [-0.2, -0.15) is 0 Å². The molecule has 0 spiro atoms. The minimum Gasteiger partial charge on any atom is -0.463 e. The van der Waals surface area contributed by atoms with Crippen molar-refractivity contribution in [1.82, 2.24) is 10.2 Å². The highest BCUT2D eigenvalue weighted by Crippen LogP contribution is 2.30. The molecule has 1 aliphatic heterocycles. The van der Waals surface area contributed by atoms with Crippen LogP contribution in [0, 0.1) is 18.6 Å². The molecule has 1 fully saturated rings. The van der Waals surface area contributed by atoms with E-state index in [0.29, 0.717) is 10.7 Å². The normalized spacial score (nSPS) is 19.6. The van der Waals surface area contributed by atoms with E-state index in [9.17, 15) is 23.2 Å². The van der Waals surface area contributed by atoms with Crippen LogP contribution in [0.5, 0.6) is 0 Å². The highest BCUT2D eigenvalue weighted by Gasteiger charge is 2.51. The number of hydrogen-bond donors (Lipinski definition) is 2. The number of carbonyl (C=O) groups is 3.